The van der Waals surface area contributed by atoms with Gasteiger partial charge >= 0.3 is 0 Å². The van der Waals surface area contributed by atoms with Crippen molar-refractivity contribution in [2.45, 2.75) is 77.2 Å². The van der Waals surface area contributed by atoms with Crippen LogP contribution in [0.2, 0.25) is 0 Å². The van der Waals surface area contributed by atoms with Gasteiger partial charge in [-0.25, -0.2) is 9.67 Å². The fraction of sp³-hybridized carbons (Fsp3) is 0.630. The fourth-order valence-electron chi connectivity index (χ4n) is 4.99. The molecular formula is C27H40N6O2S. The van der Waals surface area contributed by atoms with Crippen molar-refractivity contribution in [2.75, 3.05) is 43.4 Å². The molecule has 0 aromatic carbocycles. The number of aliphatic hydroxyl groups is 1. The highest BCUT2D eigenvalue weighted by Gasteiger charge is 2.27. The number of nitrogens with zero attached hydrogens (tertiary/aromatic N) is 4. The van der Waals surface area contributed by atoms with Gasteiger partial charge in [-0.05, 0) is 71.9 Å². The third-order valence-electron chi connectivity index (χ3n) is 7.01. The van der Waals surface area contributed by atoms with Crippen molar-refractivity contribution in [3.05, 3.63) is 24.4 Å². The molecule has 2 saturated heterocycles. The van der Waals surface area contributed by atoms with Crippen molar-refractivity contribution in [1.82, 2.24) is 19.7 Å². The summed E-state index contributed by atoms with van der Waals surface area (Å²) in [6.07, 6.45) is 6.82. The Morgan fingerprint density at radius 2 is 2.03 bits per heavy atom. The molecule has 1 unspecified atom stereocenters. The molecule has 9 heteroatoms. The summed E-state index contributed by atoms with van der Waals surface area (Å²) in [5, 5.41) is 22.1. The number of likely N-dealkylation sites (tertiary alicyclic amines) is 1. The molecule has 5 heterocycles. The van der Waals surface area contributed by atoms with Crippen molar-refractivity contribution in [3.8, 4) is 10.6 Å². The molecule has 0 bridgehead atoms. The van der Waals surface area contributed by atoms with E-state index in [0.29, 0.717) is 0 Å². The lowest BCUT2D eigenvalue weighted by atomic mass is 9.94. The molecule has 0 amide bonds. The van der Waals surface area contributed by atoms with Crippen molar-refractivity contribution in [3.63, 3.8) is 0 Å². The predicted molar refractivity (Wildman–Crippen MR) is 148 cm³/mol. The van der Waals surface area contributed by atoms with Gasteiger partial charge in [0, 0.05) is 50.6 Å². The Hall–Kier alpha value is -2.20. The summed E-state index contributed by atoms with van der Waals surface area (Å²) in [6.45, 7) is 12.9. The van der Waals surface area contributed by atoms with E-state index in [0.717, 1.165) is 90.8 Å². The minimum absolute atomic E-state index is 0.00274. The maximum Gasteiger partial charge on any atom is 0.150 e. The first-order chi connectivity index (χ1) is 17.2. The van der Waals surface area contributed by atoms with Crippen LogP contribution >= 0.6 is 11.3 Å². The highest BCUT2D eigenvalue weighted by Crippen LogP contribution is 2.39. The summed E-state index contributed by atoms with van der Waals surface area (Å²) in [5.74, 6) is 0.875. The summed E-state index contributed by atoms with van der Waals surface area (Å²) in [4.78, 5) is 8.55. The Labute approximate surface area is 218 Å². The van der Waals surface area contributed by atoms with Crippen molar-refractivity contribution < 1.29 is 9.84 Å². The molecule has 3 aromatic rings. The molecule has 2 fully saturated rings. The molecule has 8 nitrogen and oxygen atoms in total. The van der Waals surface area contributed by atoms with E-state index in [4.69, 9.17) is 9.72 Å². The van der Waals surface area contributed by atoms with Gasteiger partial charge < -0.3 is 25.4 Å². The molecule has 5 rings (SSSR count). The minimum Gasteiger partial charge on any atom is -0.390 e. The highest BCUT2D eigenvalue weighted by molar-refractivity contribution is 7.22. The molecule has 36 heavy (non-hydrogen) atoms. The SMILES string of the molecule is CC1(O)CCN(CCNc2cc(NC(C)(C)C)nc3cc(-c4ccnn4C4CCCCO4)sc23)CC1. The number of hydrogen-bond donors (Lipinski definition) is 3. The Bertz CT molecular complexity index is 1160. The van der Waals surface area contributed by atoms with E-state index in [1.807, 2.05) is 17.8 Å². The maximum atomic E-state index is 10.3. The molecule has 3 N–H and O–H groups in total. The number of aromatic nitrogens is 3. The molecule has 0 radical (unpaired) electrons. The topological polar surface area (TPSA) is 87.5 Å². The Balaban J connectivity index is 1.39. The summed E-state index contributed by atoms with van der Waals surface area (Å²) in [7, 11) is 0. The molecule has 0 spiro atoms. The lowest BCUT2D eigenvalue weighted by Crippen LogP contribution is -2.43. The van der Waals surface area contributed by atoms with Crippen LogP contribution < -0.4 is 10.6 Å². The number of thiophene rings is 1. The molecule has 0 saturated carbocycles. The van der Waals surface area contributed by atoms with Crippen LogP contribution in [0.3, 0.4) is 0 Å². The molecule has 0 aliphatic carbocycles. The van der Waals surface area contributed by atoms with Crippen LogP contribution in [-0.4, -0.2) is 68.7 Å². The van der Waals surface area contributed by atoms with E-state index in [2.05, 4.69) is 59.6 Å². The van der Waals surface area contributed by atoms with Gasteiger partial charge in [-0.2, -0.15) is 5.10 Å². The maximum absolute atomic E-state index is 10.3. The molecule has 1 atom stereocenters. The van der Waals surface area contributed by atoms with E-state index in [9.17, 15) is 5.11 Å². The predicted octanol–water partition coefficient (Wildman–Crippen LogP) is 5.33. The van der Waals surface area contributed by atoms with Crippen molar-refractivity contribution in [2.24, 2.45) is 0 Å². The normalized spacial score (nSPS) is 21.1. The fourth-order valence-corrected chi connectivity index (χ4v) is 6.10. The van der Waals surface area contributed by atoms with E-state index in [-0.39, 0.29) is 11.8 Å². The second kappa shape index (κ2) is 10.3. The van der Waals surface area contributed by atoms with E-state index < -0.39 is 5.60 Å². The first kappa shape index (κ1) is 25.4. The van der Waals surface area contributed by atoms with E-state index in [1.54, 1.807) is 11.3 Å². The van der Waals surface area contributed by atoms with Gasteiger partial charge in [0.05, 0.1) is 32.1 Å². The van der Waals surface area contributed by atoms with Crippen LogP contribution in [0.5, 0.6) is 0 Å². The Morgan fingerprint density at radius 3 is 2.75 bits per heavy atom. The van der Waals surface area contributed by atoms with Crippen LogP contribution in [-0.2, 0) is 4.74 Å². The average Bonchev–Trinajstić information content (AvgIpc) is 3.47. The van der Waals surface area contributed by atoms with Gasteiger partial charge in [0.25, 0.3) is 0 Å². The summed E-state index contributed by atoms with van der Waals surface area (Å²) >= 11 is 1.76. The zero-order valence-electron chi connectivity index (χ0n) is 22.0. The largest absolute Gasteiger partial charge is 0.390 e. The number of fused-ring (bicyclic) bond motifs is 1. The number of anilines is 2. The molecular weight excluding hydrogens is 472 g/mol. The number of pyridine rings is 1. The van der Waals surface area contributed by atoms with Crippen LogP contribution in [0.15, 0.2) is 24.4 Å². The quantitative estimate of drug-likeness (QED) is 0.394. The van der Waals surface area contributed by atoms with Gasteiger partial charge in [0.2, 0.25) is 0 Å². The second-order valence-corrected chi connectivity index (χ2v) is 12.6. The lowest BCUT2D eigenvalue weighted by molar-refractivity contribution is -0.0383. The highest BCUT2D eigenvalue weighted by atomic mass is 32.1. The Morgan fingerprint density at radius 1 is 1.22 bits per heavy atom. The van der Waals surface area contributed by atoms with Gasteiger partial charge in [0.1, 0.15) is 5.82 Å². The average molecular weight is 513 g/mol. The Kier molecular flexibility index (Phi) is 7.27. The molecule has 2 aliphatic rings. The van der Waals surface area contributed by atoms with Crippen LogP contribution in [0.1, 0.15) is 66.0 Å². The van der Waals surface area contributed by atoms with Crippen LogP contribution in [0, 0.1) is 0 Å². The van der Waals surface area contributed by atoms with Crippen LogP contribution in [0.25, 0.3) is 20.8 Å². The number of hydrogen-bond acceptors (Lipinski definition) is 8. The first-order valence-electron chi connectivity index (χ1n) is 13.2. The molecule has 2 aliphatic heterocycles. The van der Waals surface area contributed by atoms with Gasteiger partial charge in [-0.1, -0.05) is 0 Å². The van der Waals surface area contributed by atoms with E-state index in [1.165, 1.54) is 6.42 Å². The smallest absolute Gasteiger partial charge is 0.150 e. The molecule has 196 valence electrons. The number of ether oxygens (including phenoxy) is 1. The monoisotopic (exact) mass is 512 g/mol. The van der Waals surface area contributed by atoms with Gasteiger partial charge in [-0.15, -0.1) is 11.3 Å². The summed E-state index contributed by atoms with van der Waals surface area (Å²) < 4.78 is 9.22. The van der Waals surface area contributed by atoms with Crippen LogP contribution in [0.4, 0.5) is 11.5 Å². The number of piperidine rings is 1. The van der Waals surface area contributed by atoms with E-state index >= 15 is 0 Å². The van der Waals surface area contributed by atoms with Gasteiger partial charge in [0.15, 0.2) is 6.23 Å². The van der Waals surface area contributed by atoms with Crippen molar-refractivity contribution in [1.29, 1.82) is 0 Å². The van der Waals surface area contributed by atoms with Gasteiger partial charge in [-0.3, -0.25) is 0 Å². The third kappa shape index (κ3) is 6.02. The zero-order chi connectivity index (χ0) is 25.3. The standard InChI is InChI=1S/C27H40N6O2S/c1-26(2,3)31-23-18-19(28-12-15-32-13-9-27(4,34)10-14-32)25-20(30-23)17-22(36-25)21-8-11-29-33(21)24-7-5-6-16-35-24/h8,11,17-18,24,34H,5-7,9-10,12-16H2,1-4H3,(H2,28,30,31). The summed E-state index contributed by atoms with van der Waals surface area (Å²) in [5.41, 5.74) is 2.57. The third-order valence-corrected chi connectivity index (χ3v) is 8.19. The molecule has 3 aromatic heterocycles. The zero-order valence-corrected chi connectivity index (χ0v) is 22.8. The lowest BCUT2D eigenvalue weighted by Gasteiger charge is -2.35. The first-order valence-corrected chi connectivity index (χ1v) is 14.1. The minimum atomic E-state index is -0.517. The second-order valence-electron chi connectivity index (χ2n) is 11.5. The van der Waals surface area contributed by atoms with Crippen molar-refractivity contribution >= 4 is 33.1 Å². The number of nitrogens with one attached hydrogen (secondary N) is 2. The summed E-state index contributed by atoms with van der Waals surface area (Å²) in [6, 6.07) is 6.40. The number of rotatable bonds is 7.